The van der Waals surface area contributed by atoms with E-state index in [0.717, 1.165) is 37.4 Å². The zero-order valence-corrected chi connectivity index (χ0v) is 19.5. The number of hydrogen-bond acceptors (Lipinski definition) is 7. The number of likely N-dealkylation sites (tertiary alicyclic amines) is 1. The maximum absolute atomic E-state index is 13.0. The molecule has 0 aliphatic carbocycles. The molecule has 2 fully saturated rings. The van der Waals surface area contributed by atoms with Crippen molar-refractivity contribution in [2.75, 3.05) is 24.7 Å². The molecule has 32 heavy (non-hydrogen) atoms. The van der Waals surface area contributed by atoms with E-state index < -0.39 is 5.54 Å². The number of nitrogens with one attached hydrogen (secondary N) is 1. The molecule has 0 saturated carbocycles. The Labute approximate surface area is 192 Å². The molecule has 1 amide bonds. The number of thiophene rings is 1. The van der Waals surface area contributed by atoms with E-state index in [0.29, 0.717) is 6.67 Å². The Hall–Kier alpha value is -2.78. The summed E-state index contributed by atoms with van der Waals surface area (Å²) >= 11 is 1.72. The van der Waals surface area contributed by atoms with Crippen molar-refractivity contribution in [2.45, 2.75) is 50.7 Å². The van der Waals surface area contributed by atoms with Crippen LogP contribution in [0.15, 0.2) is 47.8 Å². The highest BCUT2D eigenvalue weighted by Gasteiger charge is 2.51. The van der Waals surface area contributed by atoms with Crippen molar-refractivity contribution in [1.82, 2.24) is 30.4 Å². The van der Waals surface area contributed by atoms with Crippen molar-refractivity contribution in [3.63, 3.8) is 0 Å². The summed E-state index contributed by atoms with van der Waals surface area (Å²) in [5, 5.41) is 18.0. The Morgan fingerprint density at radius 2 is 1.84 bits per heavy atom. The van der Waals surface area contributed by atoms with Crippen molar-refractivity contribution in [2.24, 2.45) is 0 Å². The number of nitrogens with zero attached hydrogens (tertiary/aromatic N) is 6. The van der Waals surface area contributed by atoms with E-state index in [-0.39, 0.29) is 17.5 Å². The normalized spacial score (nSPS) is 20.0. The molecule has 3 aromatic rings. The highest BCUT2D eigenvalue weighted by atomic mass is 32.1. The SMILES string of the molecule is CC(C)(C)n1nnnc1C(c1cccs1)N1CCC2(CC1)C(=O)NCN2c1ccccc1. The third kappa shape index (κ3) is 3.49. The van der Waals surface area contributed by atoms with Gasteiger partial charge in [0.25, 0.3) is 0 Å². The fraction of sp³-hybridized carbons (Fsp3) is 0.478. The quantitative estimate of drug-likeness (QED) is 0.657. The van der Waals surface area contributed by atoms with Gasteiger partial charge in [-0.3, -0.25) is 9.69 Å². The first kappa shape index (κ1) is 21.1. The number of aromatic nitrogens is 4. The number of carbonyl (C=O) groups is 1. The van der Waals surface area contributed by atoms with Gasteiger partial charge in [0.2, 0.25) is 5.91 Å². The number of anilines is 1. The standard InChI is InChI=1S/C23H29N7OS/c1-22(2,3)30-20(25-26-27-30)19(18-10-7-15-32-18)28-13-11-23(12-14-28)21(31)24-16-29(23)17-8-5-4-6-9-17/h4-10,15,19H,11-14,16H2,1-3H3,(H,24,31). The van der Waals surface area contributed by atoms with E-state index in [4.69, 9.17) is 0 Å². The zero-order valence-electron chi connectivity index (χ0n) is 18.7. The lowest BCUT2D eigenvalue weighted by Crippen LogP contribution is -2.57. The maximum atomic E-state index is 13.0. The minimum Gasteiger partial charge on any atom is -0.339 e. The molecule has 1 unspecified atom stereocenters. The van der Waals surface area contributed by atoms with Crippen LogP contribution >= 0.6 is 11.3 Å². The third-order valence-electron chi connectivity index (χ3n) is 6.58. The minimum atomic E-state index is -0.506. The van der Waals surface area contributed by atoms with E-state index in [2.05, 4.69) is 81.1 Å². The van der Waals surface area contributed by atoms with Gasteiger partial charge < -0.3 is 10.2 Å². The first-order valence-electron chi connectivity index (χ1n) is 11.1. The molecule has 4 heterocycles. The summed E-state index contributed by atoms with van der Waals surface area (Å²) in [5.41, 5.74) is 0.361. The maximum Gasteiger partial charge on any atom is 0.247 e. The van der Waals surface area contributed by atoms with Gasteiger partial charge in [-0.25, -0.2) is 4.68 Å². The molecular weight excluding hydrogens is 422 g/mol. The lowest BCUT2D eigenvalue weighted by Gasteiger charge is -2.45. The molecule has 1 N–H and O–H groups in total. The minimum absolute atomic E-state index is 0.0313. The van der Waals surface area contributed by atoms with Crippen LogP contribution in [0.2, 0.25) is 0 Å². The van der Waals surface area contributed by atoms with Crippen molar-refractivity contribution in [3.8, 4) is 0 Å². The number of tetrazole rings is 1. The molecule has 1 atom stereocenters. The number of hydrogen-bond donors (Lipinski definition) is 1. The molecule has 2 aliphatic rings. The molecule has 9 heteroatoms. The molecule has 0 bridgehead atoms. The second kappa shape index (κ2) is 7.97. The molecule has 5 rings (SSSR count). The van der Waals surface area contributed by atoms with Gasteiger partial charge in [-0.15, -0.1) is 16.4 Å². The highest BCUT2D eigenvalue weighted by molar-refractivity contribution is 7.10. The van der Waals surface area contributed by atoms with Crippen LogP contribution < -0.4 is 10.2 Å². The number of benzene rings is 1. The van der Waals surface area contributed by atoms with E-state index in [1.807, 2.05) is 22.9 Å². The summed E-state index contributed by atoms with van der Waals surface area (Å²) in [5.74, 6) is 0.986. The van der Waals surface area contributed by atoms with Gasteiger partial charge in [0.1, 0.15) is 11.6 Å². The van der Waals surface area contributed by atoms with Crippen LogP contribution in [-0.2, 0) is 10.3 Å². The molecule has 8 nitrogen and oxygen atoms in total. The van der Waals surface area contributed by atoms with Crippen LogP contribution in [0.4, 0.5) is 5.69 Å². The van der Waals surface area contributed by atoms with Crippen LogP contribution in [0.3, 0.4) is 0 Å². The molecule has 0 radical (unpaired) electrons. The number of carbonyl (C=O) groups excluding carboxylic acids is 1. The Bertz CT molecular complexity index is 1070. The Balaban J connectivity index is 1.45. The van der Waals surface area contributed by atoms with E-state index >= 15 is 0 Å². The summed E-state index contributed by atoms with van der Waals surface area (Å²) in [6.45, 7) is 8.48. The van der Waals surface area contributed by atoms with Gasteiger partial charge in [0.05, 0.1) is 12.2 Å². The molecule has 2 saturated heterocycles. The molecule has 2 aliphatic heterocycles. The van der Waals surface area contributed by atoms with Gasteiger partial charge in [-0.2, -0.15) is 0 Å². The average molecular weight is 452 g/mol. The lowest BCUT2D eigenvalue weighted by atomic mass is 9.85. The first-order valence-corrected chi connectivity index (χ1v) is 12.0. The van der Waals surface area contributed by atoms with Crippen molar-refractivity contribution >= 4 is 22.9 Å². The Morgan fingerprint density at radius 1 is 1.09 bits per heavy atom. The summed E-state index contributed by atoms with van der Waals surface area (Å²) < 4.78 is 1.93. The van der Waals surface area contributed by atoms with Crippen LogP contribution in [0.1, 0.15) is 50.4 Å². The van der Waals surface area contributed by atoms with Crippen molar-refractivity contribution in [1.29, 1.82) is 0 Å². The zero-order chi connectivity index (χ0) is 22.3. The molecule has 168 valence electrons. The molecule has 1 aromatic carbocycles. The number of para-hydroxylation sites is 1. The predicted molar refractivity (Wildman–Crippen MR) is 124 cm³/mol. The summed E-state index contributed by atoms with van der Waals surface area (Å²) in [7, 11) is 0. The first-order chi connectivity index (χ1) is 15.4. The second-order valence-corrected chi connectivity index (χ2v) is 10.5. The smallest absolute Gasteiger partial charge is 0.247 e. The topological polar surface area (TPSA) is 79.2 Å². The van der Waals surface area contributed by atoms with Gasteiger partial charge in [0.15, 0.2) is 5.82 Å². The number of amides is 1. The van der Waals surface area contributed by atoms with E-state index in [1.54, 1.807) is 11.3 Å². The monoisotopic (exact) mass is 451 g/mol. The van der Waals surface area contributed by atoms with Gasteiger partial charge >= 0.3 is 0 Å². The highest BCUT2D eigenvalue weighted by Crippen LogP contribution is 2.40. The number of piperidine rings is 1. The van der Waals surface area contributed by atoms with Crippen LogP contribution in [0, 0.1) is 0 Å². The lowest BCUT2D eigenvalue weighted by molar-refractivity contribution is -0.125. The Kier molecular flexibility index (Phi) is 5.25. The van der Waals surface area contributed by atoms with Crippen LogP contribution in [0.5, 0.6) is 0 Å². The molecule has 2 aromatic heterocycles. The summed E-state index contributed by atoms with van der Waals surface area (Å²) in [6.07, 6.45) is 1.51. The predicted octanol–water partition coefficient (Wildman–Crippen LogP) is 3.01. The summed E-state index contributed by atoms with van der Waals surface area (Å²) in [4.78, 5) is 18.9. The fourth-order valence-corrected chi connectivity index (χ4v) is 5.80. The average Bonchev–Trinajstić information content (AvgIpc) is 3.53. The van der Waals surface area contributed by atoms with Crippen molar-refractivity contribution in [3.05, 3.63) is 58.5 Å². The fourth-order valence-electron chi connectivity index (χ4n) is 4.94. The Morgan fingerprint density at radius 3 is 2.50 bits per heavy atom. The summed E-state index contributed by atoms with van der Waals surface area (Å²) in [6, 6.07) is 14.4. The van der Waals surface area contributed by atoms with E-state index in [9.17, 15) is 4.79 Å². The van der Waals surface area contributed by atoms with Crippen LogP contribution in [-0.4, -0.2) is 56.3 Å². The number of rotatable bonds is 4. The van der Waals surface area contributed by atoms with E-state index in [1.165, 1.54) is 4.88 Å². The molecule has 1 spiro atoms. The molecular formula is C23H29N7OS. The second-order valence-electron chi connectivity index (χ2n) is 9.53. The van der Waals surface area contributed by atoms with Gasteiger partial charge in [-0.05, 0) is 67.6 Å². The van der Waals surface area contributed by atoms with Crippen molar-refractivity contribution < 1.29 is 4.79 Å². The third-order valence-corrected chi connectivity index (χ3v) is 7.51. The largest absolute Gasteiger partial charge is 0.339 e. The van der Waals surface area contributed by atoms with Gasteiger partial charge in [0, 0.05) is 23.7 Å². The van der Waals surface area contributed by atoms with Gasteiger partial charge in [-0.1, -0.05) is 24.3 Å². The van der Waals surface area contributed by atoms with Crippen LogP contribution in [0.25, 0.3) is 0 Å².